The highest BCUT2D eigenvalue weighted by molar-refractivity contribution is 6.17. The molecule has 0 atom stereocenters. The Morgan fingerprint density at radius 2 is 0.955 bits per heavy atom. The van der Waals surface area contributed by atoms with Gasteiger partial charge in [0.15, 0.2) is 0 Å². The molecule has 0 aromatic heterocycles. The minimum absolute atomic E-state index is 0. The normalized spacial score (nSPS) is 11.5. The van der Waals surface area contributed by atoms with Crippen molar-refractivity contribution in [2.75, 3.05) is 33.1 Å². The number of halogens is 2. The van der Waals surface area contributed by atoms with E-state index in [1.165, 1.54) is 101 Å². The third-order valence-corrected chi connectivity index (χ3v) is 4.78. The summed E-state index contributed by atoms with van der Waals surface area (Å²) in [6.45, 7) is 4.90. The molecule has 0 saturated carbocycles. The Labute approximate surface area is 163 Å². The van der Waals surface area contributed by atoms with Gasteiger partial charge in [-0.25, -0.2) is 0 Å². The molecule has 0 rings (SSSR count). The third kappa shape index (κ3) is 19.0. The largest absolute Gasteiger partial charge is 1.00 e. The highest BCUT2D eigenvalue weighted by Gasteiger charge is 2.13. The first-order chi connectivity index (χ1) is 10.1. The van der Waals surface area contributed by atoms with Crippen LogP contribution in [0.3, 0.4) is 0 Å². The Hall–Kier alpha value is 0.980. The van der Waals surface area contributed by atoms with E-state index in [1.807, 2.05) is 0 Å². The van der Waals surface area contributed by atoms with Gasteiger partial charge in [0.25, 0.3) is 0 Å². The van der Waals surface area contributed by atoms with Gasteiger partial charge >= 0.3 is 0 Å². The summed E-state index contributed by atoms with van der Waals surface area (Å²) in [5, 5.41) is 0. The van der Waals surface area contributed by atoms with E-state index in [4.69, 9.17) is 11.6 Å². The van der Waals surface area contributed by atoms with Gasteiger partial charge in [0.1, 0.15) is 0 Å². The van der Waals surface area contributed by atoms with Crippen LogP contribution >= 0.6 is 11.6 Å². The summed E-state index contributed by atoms with van der Waals surface area (Å²) < 4.78 is 1.17. The van der Waals surface area contributed by atoms with Crippen molar-refractivity contribution in [3.05, 3.63) is 0 Å². The predicted octanol–water partition coefficient (Wildman–Crippen LogP) is 3.40. The van der Waals surface area contributed by atoms with Gasteiger partial charge in [0, 0.05) is 5.88 Å². The second kappa shape index (κ2) is 18.3. The number of hydrogen-bond donors (Lipinski definition) is 0. The van der Waals surface area contributed by atoms with Crippen molar-refractivity contribution in [2.24, 2.45) is 0 Å². The Balaban J connectivity index is 0. The Morgan fingerprint density at radius 1 is 0.591 bits per heavy atom. The molecule has 0 aliphatic heterocycles. The van der Waals surface area contributed by atoms with E-state index in [2.05, 4.69) is 21.0 Å². The molecule has 0 heterocycles. The van der Waals surface area contributed by atoms with Crippen LogP contribution in [-0.4, -0.2) is 37.5 Å². The molecule has 0 aromatic carbocycles. The van der Waals surface area contributed by atoms with Crippen molar-refractivity contribution in [1.29, 1.82) is 0 Å². The van der Waals surface area contributed by atoms with Crippen molar-refractivity contribution < 1.29 is 28.5 Å². The second-order valence-corrected chi connectivity index (χ2v) is 7.69. The lowest BCUT2D eigenvalue weighted by molar-refractivity contribution is -0.890. The van der Waals surface area contributed by atoms with Gasteiger partial charge < -0.3 is 28.5 Å². The maximum Gasteiger partial charge on any atom is 0.0782 e. The Morgan fingerprint density at radius 3 is 1.36 bits per heavy atom. The maximum atomic E-state index is 5.75. The number of alkyl halides is 1. The maximum absolute atomic E-state index is 5.75. The van der Waals surface area contributed by atoms with E-state index in [-0.39, 0.29) is 24.0 Å². The van der Waals surface area contributed by atoms with Crippen LogP contribution in [0.25, 0.3) is 0 Å². The average Bonchev–Trinajstić information content (AvgIpc) is 2.45. The summed E-state index contributed by atoms with van der Waals surface area (Å²) in [5.41, 5.74) is 0. The van der Waals surface area contributed by atoms with Crippen molar-refractivity contribution in [2.45, 2.75) is 90.4 Å². The zero-order chi connectivity index (χ0) is 15.8. The summed E-state index contributed by atoms with van der Waals surface area (Å²) >= 11 is 5.75. The first-order valence-electron chi connectivity index (χ1n) is 9.50. The molecule has 22 heavy (non-hydrogen) atoms. The van der Waals surface area contributed by atoms with Gasteiger partial charge in [-0.05, 0) is 25.7 Å². The molecule has 136 valence electrons. The number of rotatable bonds is 16. The second-order valence-electron chi connectivity index (χ2n) is 7.31. The number of quaternary nitrogens is 1. The fourth-order valence-electron chi connectivity index (χ4n) is 2.95. The molecule has 0 unspecified atom stereocenters. The van der Waals surface area contributed by atoms with Gasteiger partial charge in [-0.1, -0.05) is 64.7 Å². The third-order valence-electron chi connectivity index (χ3n) is 4.51. The fraction of sp³-hybridized carbons (Fsp3) is 1.00. The topological polar surface area (TPSA) is 0 Å². The van der Waals surface area contributed by atoms with Crippen LogP contribution in [0.15, 0.2) is 0 Å². The van der Waals surface area contributed by atoms with Crippen molar-refractivity contribution >= 4 is 11.6 Å². The van der Waals surface area contributed by atoms with E-state index in [0.29, 0.717) is 0 Å². The molecule has 0 amide bonds. The van der Waals surface area contributed by atoms with Gasteiger partial charge in [0.2, 0.25) is 0 Å². The summed E-state index contributed by atoms with van der Waals surface area (Å²) in [5.74, 6) is 0.818. The molecule has 0 spiro atoms. The van der Waals surface area contributed by atoms with Gasteiger partial charge in [-0.15, -0.1) is 11.6 Å². The van der Waals surface area contributed by atoms with Crippen LogP contribution in [0.2, 0.25) is 0 Å². The van der Waals surface area contributed by atoms with Gasteiger partial charge in [-0.3, -0.25) is 0 Å². The smallest absolute Gasteiger partial charge is 0.0782 e. The van der Waals surface area contributed by atoms with Gasteiger partial charge in [0.05, 0.1) is 27.2 Å². The van der Waals surface area contributed by atoms with E-state index in [0.717, 1.165) is 5.88 Å². The summed E-state index contributed by atoms with van der Waals surface area (Å²) in [4.78, 5) is 0. The summed E-state index contributed by atoms with van der Waals surface area (Å²) in [6, 6.07) is 0. The molecule has 0 bridgehead atoms. The Kier molecular flexibility index (Phi) is 21.0. The molecule has 0 fully saturated rings. The zero-order valence-electron chi connectivity index (χ0n) is 15.5. The molecule has 3 heteroatoms. The first kappa shape index (κ1) is 25.2. The van der Waals surface area contributed by atoms with Crippen LogP contribution in [0.1, 0.15) is 90.4 Å². The first-order valence-corrected chi connectivity index (χ1v) is 10.0. The predicted molar refractivity (Wildman–Crippen MR) is 98.3 cm³/mol. The monoisotopic (exact) mass is 445 g/mol. The van der Waals surface area contributed by atoms with Crippen molar-refractivity contribution in [3.8, 4) is 0 Å². The molecule has 0 saturated heterocycles. The Bertz CT molecular complexity index is 210. The molecule has 0 aromatic rings. The van der Waals surface area contributed by atoms with E-state index >= 15 is 0 Å². The van der Waals surface area contributed by atoms with Crippen molar-refractivity contribution in [3.63, 3.8) is 0 Å². The van der Waals surface area contributed by atoms with E-state index in [1.54, 1.807) is 0 Å². The quantitative estimate of drug-likeness (QED) is 0.148. The average molecular weight is 446 g/mol. The molecule has 0 N–H and O–H groups in total. The lowest BCUT2D eigenvalue weighted by Crippen LogP contribution is -3.00. The van der Waals surface area contributed by atoms with Crippen LogP contribution in [-0.2, 0) is 0 Å². The van der Waals surface area contributed by atoms with Gasteiger partial charge in [-0.2, -0.15) is 0 Å². The molecular formula is C19H41ClIN. The highest BCUT2D eigenvalue weighted by Crippen LogP contribution is 2.12. The van der Waals surface area contributed by atoms with Crippen LogP contribution in [0.4, 0.5) is 0 Å². The molecule has 0 aliphatic carbocycles. The molecular weight excluding hydrogens is 405 g/mol. The number of hydrogen-bond acceptors (Lipinski definition) is 0. The molecule has 0 radical (unpaired) electrons. The lowest BCUT2D eigenvalue weighted by atomic mass is 10.1. The SMILES string of the molecule is CCCCCCCCCCCCC[N+](C)(C)CCCCCl.[I-]. The number of unbranched alkanes of at least 4 members (excludes halogenated alkanes) is 11. The number of nitrogens with zero attached hydrogens (tertiary/aromatic N) is 1. The molecule has 1 nitrogen and oxygen atoms in total. The minimum atomic E-state index is 0. The fourth-order valence-corrected chi connectivity index (χ4v) is 3.14. The lowest BCUT2D eigenvalue weighted by Gasteiger charge is -2.29. The van der Waals surface area contributed by atoms with Crippen LogP contribution < -0.4 is 24.0 Å². The highest BCUT2D eigenvalue weighted by atomic mass is 127. The standard InChI is InChI=1S/C19H41ClN.HI/c1-4-5-6-7-8-9-10-11-12-13-15-18-21(2,3)19-16-14-17-20;/h4-19H2,1-3H3;1H/q+1;/p-1. The van der Waals surface area contributed by atoms with Crippen LogP contribution in [0, 0.1) is 0 Å². The van der Waals surface area contributed by atoms with E-state index in [9.17, 15) is 0 Å². The zero-order valence-corrected chi connectivity index (χ0v) is 18.4. The minimum Gasteiger partial charge on any atom is -1.00 e. The van der Waals surface area contributed by atoms with E-state index < -0.39 is 0 Å². The van der Waals surface area contributed by atoms with Crippen LogP contribution in [0.5, 0.6) is 0 Å². The molecule has 0 aliphatic rings. The van der Waals surface area contributed by atoms with Crippen molar-refractivity contribution in [1.82, 2.24) is 0 Å². The summed E-state index contributed by atoms with van der Waals surface area (Å²) in [6.07, 6.45) is 18.2. The summed E-state index contributed by atoms with van der Waals surface area (Å²) in [7, 11) is 4.73.